The van der Waals surface area contributed by atoms with Gasteiger partial charge in [-0.25, -0.2) is 4.79 Å². The van der Waals surface area contributed by atoms with Crippen molar-refractivity contribution in [3.63, 3.8) is 0 Å². The van der Waals surface area contributed by atoms with Crippen molar-refractivity contribution in [1.29, 1.82) is 0 Å². The number of methoxy groups -OCH3 is 1. The largest absolute Gasteiger partial charge is 0.466 e. The standard InChI is InChI=1S/C17H27IO4/c1-11(9-10-18)17-13(3)12(2)16(20)14(22-17)7-5-6-8-15(19)21-4/h6,8-14,16-17,20H,5,7H2,1-4H3/b8-6+,10-9+/t11-,12+,13-,14-,16+,17-/m0/s1. The molecule has 0 unspecified atom stereocenters. The van der Waals surface area contributed by atoms with E-state index in [0.29, 0.717) is 24.7 Å². The van der Waals surface area contributed by atoms with Gasteiger partial charge in [-0.15, -0.1) is 0 Å². The highest BCUT2D eigenvalue weighted by Gasteiger charge is 2.41. The van der Waals surface area contributed by atoms with Gasteiger partial charge in [0, 0.05) is 12.0 Å². The molecule has 1 rings (SSSR count). The fourth-order valence-electron chi connectivity index (χ4n) is 2.93. The zero-order valence-electron chi connectivity index (χ0n) is 13.7. The lowest BCUT2D eigenvalue weighted by Crippen LogP contribution is -2.50. The molecule has 1 heterocycles. The van der Waals surface area contributed by atoms with Crippen molar-refractivity contribution >= 4 is 28.6 Å². The van der Waals surface area contributed by atoms with Gasteiger partial charge in [-0.2, -0.15) is 0 Å². The molecular formula is C17H27IO4. The molecule has 22 heavy (non-hydrogen) atoms. The van der Waals surface area contributed by atoms with E-state index in [1.807, 2.05) is 4.08 Å². The van der Waals surface area contributed by atoms with Crippen molar-refractivity contribution in [3.05, 3.63) is 22.3 Å². The van der Waals surface area contributed by atoms with E-state index < -0.39 is 6.10 Å². The number of carbonyl (C=O) groups excluding carboxylic acids is 1. The highest BCUT2D eigenvalue weighted by Crippen LogP contribution is 2.36. The Bertz CT molecular complexity index is 407. The average molecular weight is 422 g/mol. The number of halogens is 1. The van der Waals surface area contributed by atoms with Crippen molar-refractivity contribution in [2.24, 2.45) is 17.8 Å². The Labute approximate surface area is 147 Å². The number of hydrogen-bond acceptors (Lipinski definition) is 4. The lowest BCUT2D eigenvalue weighted by atomic mass is 9.77. The third-order valence-electron chi connectivity index (χ3n) is 4.57. The van der Waals surface area contributed by atoms with E-state index in [-0.39, 0.29) is 24.1 Å². The first-order valence-electron chi connectivity index (χ1n) is 7.77. The summed E-state index contributed by atoms with van der Waals surface area (Å²) in [6.45, 7) is 6.38. The minimum atomic E-state index is -0.464. The fourth-order valence-corrected chi connectivity index (χ4v) is 3.58. The van der Waals surface area contributed by atoms with Crippen LogP contribution in [0.5, 0.6) is 0 Å². The second kappa shape index (κ2) is 9.67. The molecule has 5 heteroatoms. The van der Waals surface area contributed by atoms with Crippen LogP contribution in [0.25, 0.3) is 0 Å². The molecule has 0 radical (unpaired) electrons. The van der Waals surface area contributed by atoms with Crippen LogP contribution in [-0.4, -0.2) is 36.5 Å². The van der Waals surface area contributed by atoms with Gasteiger partial charge in [0.1, 0.15) is 0 Å². The van der Waals surface area contributed by atoms with E-state index in [1.54, 1.807) is 6.08 Å². The van der Waals surface area contributed by atoms with E-state index in [9.17, 15) is 9.90 Å². The van der Waals surface area contributed by atoms with E-state index in [2.05, 4.69) is 54.2 Å². The topological polar surface area (TPSA) is 55.8 Å². The first-order chi connectivity index (χ1) is 10.4. The lowest BCUT2D eigenvalue weighted by Gasteiger charge is -2.44. The second-order valence-corrected chi connectivity index (χ2v) is 6.75. The summed E-state index contributed by atoms with van der Waals surface area (Å²) in [5, 5.41) is 10.4. The molecule has 1 N–H and O–H groups in total. The normalized spacial score (nSPS) is 34.2. The molecule has 0 saturated carbocycles. The molecule has 6 atom stereocenters. The summed E-state index contributed by atoms with van der Waals surface area (Å²) < 4.78 is 12.7. The molecular weight excluding hydrogens is 395 g/mol. The van der Waals surface area contributed by atoms with Crippen molar-refractivity contribution < 1.29 is 19.4 Å². The Hall–Kier alpha value is -0.400. The summed E-state index contributed by atoms with van der Waals surface area (Å²) in [6, 6.07) is 0. The number of aliphatic hydroxyl groups excluding tert-OH is 1. The summed E-state index contributed by atoms with van der Waals surface area (Å²) in [5.41, 5.74) is 0. The molecule has 126 valence electrons. The van der Waals surface area contributed by atoms with Gasteiger partial charge in [0.15, 0.2) is 0 Å². The molecule has 0 amide bonds. The maximum absolute atomic E-state index is 11.0. The third kappa shape index (κ3) is 5.35. The second-order valence-electron chi connectivity index (χ2n) is 6.03. The van der Waals surface area contributed by atoms with Gasteiger partial charge < -0.3 is 14.6 Å². The highest BCUT2D eigenvalue weighted by molar-refractivity contribution is 14.1. The Morgan fingerprint density at radius 2 is 2.09 bits per heavy atom. The zero-order valence-corrected chi connectivity index (χ0v) is 15.9. The van der Waals surface area contributed by atoms with Crippen molar-refractivity contribution in [2.75, 3.05) is 7.11 Å². The van der Waals surface area contributed by atoms with Crippen LogP contribution < -0.4 is 0 Å². The van der Waals surface area contributed by atoms with Crippen molar-refractivity contribution in [3.8, 4) is 0 Å². The minimum Gasteiger partial charge on any atom is -0.466 e. The number of aliphatic hydroxyl groups is 1. The summed E-state index contributed by atoms with van der Waals surface area (Å²) in [6.07, 6.45) is 6.16. The summed E-state index contributed by atoms with van der Waals surface area (Å²) in [5.74, 6) is 0.457. The minimum absolute atomic E-state index is 0.110. The highest BCUT2D eigenvalue weighted by atomic mass is 127. The van der Waals surface area contributed by atoms with Crippen LogP contribution >= 0.6 is 22.6 Å². The van der Waals surface area contributed by atoms with Crippen LogP contribution in [0.2, 0.25) is 0 Å². The van der Waals surface area contributed by atoms with E-state index in [1.165, 1.54) is 13.2 Å². The average Bonchev–Trinajstić information content (AvgIpc) is 2.50. The maximum Gasteiger partial charge on any atom is 0.330 e. The molecule has 0 aliphatic carbocycles. The van der Waals surface area contributed by atoms with Crippen molar-refractivity contribution in [1.82, 2.24) is 0 Å². The molecule has 0 aromatic carbocycles. The Balaban J connectivity index is 2.65. The van der Waals surface area contributed by atoms with Gasteiger partial charge in [-0.1, -0.05) is 55.5 Å². The van der Waals surface area contributed by atoms with E-state index >= 15 is 0 Å². The van der Waals surface area contributed by atoms with Crippen LogP contribution in [0.4, 0.5) is 0 Å². The van der Waals surface area contributed by atoms with Crippen LogP contribution in [0.15, 0.2) is 22.3 Å². The van der Waals surface area contributed by atoms with E-state index in [4.69, 9.17) is 4.74 Å². The fraction of sp³-hybridized carbons (Fsp3) is 0.706. The Morgan fingerprint density at radius 1 is 1.41 bits per heavy atom. The molecule has 1 saturated heterocycles. The Morgan fingerprint density at radius 3 is 2.68 bits per heavy atom. The molecule has 1 aliphatic rings. The molecule has 1 aliphatic heterocycles. The van der Waals surface area contributed by atoms with E-state index in [0.717, 1.165) is 0 Å². The van der Waals surface area contributed by atoms with Crippen LogP contribution in [0.3, 0.4) is 0 Å². The SMILES string of the molecule is COC(=O)/C=C/CC[C@@H]1O[C@@H]([C@@H](C)/C=C/I)[C@@H](C)[C@@H](C)[C@H]1O. The quantitative estimate of drug-likeness (QED) is 0.405. The number of hydrogen-bond donors (Lipinski definition) is 1. The number of rotatable bonds is 6. The summed E-state index contributed by atoms with van der Waals surface area (Å²) in [7, 11) is 1.36. The summed E-state index contributed by atoms with van der Waals surface area (Å²) >= 11 is 2.22. The first kappa shape index (κ1) is 19.6. The zero-order chi connectivity index (χ0) is 16.7. The maximum atomic E-state index is 11.0. The Kier molecular flexibility index (Phi) is 8.64. The molecule has 0 bridgehead atoms. The number of carbonyl (C=O) groups is 1. The monoisotopic (exact) mass is 422 g/mol. The third-order valence-corrected chi connectivity index (χ3v) is 4.98. The van der Waals surface area contributed by atoms with Crippen LogP contribution in [-0.2, 0) is 14.3 Å². The number of allylic oxidation sites excluding steroid dienone is 1. The van der Waals surface area contributed by atoms with Gasteiger partial charge in [-0.05, 0) is 28.8 Å². The summed E-state index contributed by atoms with van der Waals surface area (Å²) in [4.78, 5) is 11.0. The van der Waals surface area contributed by atoms with Gasteiger partial charge in [0.2, 0.25) is 0 Å². The predicted octanol–water partition coefficient (Wildman–Crippen LogP) is 3.48. The smallest absolute Gasteiger partial charge is 0.330 e. The van der Waals surface area contributed by atoms with Crippen LogP contribution in [0, 0.1) is 17.8 Å². The number of esters is 1. The van der Waals surface area contributed by atoms with Gasteiger partial charge in [0.05, 0.1) is 25.4 Å². The van der Waals surface area contributed by atoms with Crippen molar-refractivity contribution in [2.45, 2.75) is 51.9 Å². The van der Waals surface area contributed by atoms with Crippen LogP contribution in [0.1, 0.15) is 33.6 Å². The van der Waals surface area contributed by atoms with Gasteiger partial charge in [-0.3, -0.25) is 0 Å². The lowest BCUT2D eigenvalue weighted by molar-refractivity contribution is -0.179. The molecule has 4 nitrogen and oxygen atoms in total. The number of ether oxygens (including phenoxy) is 2. The van der Waals surface area contributed by atoms with Gasteiger partial charge in [0.25, 0.3) is 0 Å². The van der Waals surface area contributed by atoms with Gasteiger partial charge >= 0.3 is 5.97 Å². The first-order valence-corrected chi connectivity index (χ1v) is 9.01. The predicted molar refractivity (Wildman–Crippen MR) is 95.7 cm³/mol. The molecule has 0 aromatic rings. The molecule has 1 fully saturated rings. The molecule has 0 spiro atoms. The molecule has 0 aromatic heterocycles.